The van der Waals surface area contributed by atoms with Crippen LogP contribution in [0.25, 0.3) is 0 Å². The Morgan fingerprint density at radius 3 is 1.96 bits per heavy atom. The van der Waals surface area contributed by atoms with Crippen molar-refractivity contribution in [2.75, 3.05) is 21.3 Å². The van der Waals surface area contributed by atoms with Crippen LogP contribution in [0.1, 0.15) is 27.7 Å². The van der Waals surface area contributed by atoms with E-state index in [-0.39, 0.29) is 18.3 Å². The Labute approximate surface area is 151 Å². The van der Waals surface area contributed by atoms with Gasteiger partial charge in [-0.3, -0.25) is 0 Å². The topological polar surface area (TPSA) is 64.6 Å². The second kappa shape index (κ2) is 6.83. The summed E-state index contributed by atoms with van der Waals surface area (Å²) in [5.41, 5.74) is 0. The molecule has 0 amide bonds. The van der Waals surface area contributed by atoms with Gasteiger partial charge in [-0.15, -0.1) is 0 Å². The molecule has 0 aromatic rings. The van der Waals surface area contributed by atoms with Gasteiger partial charge in [0.1, 0.15) is 18.3 Å². The minimum Gasteiger partial charge on any atom is -0.408 e. The molecular formula is C17H32O7Si. The largest absolute Gasteiger partial charge is 0.408 e. The summed E-state index contributed by atoms with van der Waals surface area (Å²) in [4.78, 5) is 0. The van der Waals surface area contributed by atoms with E-state index in [2.05, 4.69) is 13.8 Å². The fraction of sp³-hybridized carbons (Fsp3) is 1.00. The number of fused-ring (bicyclic) bond motifs is 3. The van der Waals surface area contributed by atoms with E-state index >= 15 is 0 Å². The first kappa shape index (κ1) is 19.7. The van der Waals surface area contributed by atoms with Gasteiger partial charge in [0.25, 0.3) is 0 Å². The molecular weight excluding hydrogens is 344 g/mol. The molecule has 0 spiro atoms. The molecule has 146 valence electrons. The minimum atomic E-state index is -1.82. The summed E-state index contributed by atoms with van der Waals surface area (Å²) in [6, 6.07) is 3.09. The molecule has 5 unspecified atom stereocenters. The molecule has 0 saturated carbocycles. The summed E-state index contributed by atoms with van der Waals surface area (Å²) in [5, 5.41) is 0. The van der Waals surface area contributed by atoms with Crippen molar-refractivity contribution in [3.8, 4) is 0 Å². The highest BCUT2D eigenvalue weighted by atomic mass is 28.4. The molecule has 3 aliphatic heterocycles. The van der Waals surface area contributed by atoms with Crippen LogP contribution in [0, 0.1) is 0 Å². The van der Waals surface area contributed by atoms with E-state index in [4.69, 9.17) is 32.8 Å². The number of hydrogen-bond acceptors (Lipinski definition) is 7. The lowest BCUT2D eigenvalue weighted by Crippen LogP contribution is -2.72. The van der Waals surface area contributed by atoms with Crippen LogP contribution >= 0.6 is 0 Å². The van der Waals surface area contributed by atoms with Crippen LogP contribution in [-0.2, 0) is 32.8 Å². The smallest absolute Gasteiger partial charge is 0.220 e. The van der Waals surface area contributed by atoms with Gasteiger partial charge >= 0.3 is 0 Å². The van der Waals surface area contributed by atoms with Crippen molar-refractivity contribution >= 4 is 8.32 Å². The lowest BCUT2D eigenvalue weighted by molar-refractivity contribution is -0.480. The standard InChI is InChI=1S/C17H32O7Si/c1-8-25(9-2)10-11-12(24-25)13-14(15(18-5)21-11)23-17(4,20-7)16(3,19-6)22-13/h11-15H,8-10H2,1-7H3/t11?,12-,13?,14?,15-,16?,17?/m1/s1. The molecule has 25 heavy (non-hydrogen) atoms. The van der Waals surface area contributed by atoms with E-state index in [0.29, 0.717) is 0 Å². The summed E-state index contributed by atoms with van der Waals surface area (Å²) in [7, 11) is 2.98. The van der Waals surface area contributed by atoms with E-state index in [1.165, 1.54) is 0 Å². The van der Waals surface area contributed by atoms with Gasteiger partial charge < -0.3 is 32.8 Å². The highest BCUT2D eigenvalue weighted by molar-refractivity contribution is 6.74. The van der Waals surface area contributed by atoms with Crippen molar-refractivity contribution < 1.29 is 32.8 Å². The highest BCUT2D eigenvalue weighted by Gasteiger charge is 2.65. The van der Waals surface area contributed by atoms with Gasteiger partial charge in [0.05, 0.1) is 6.10 Å². The van der Waals surface area contributed by atoms with Crippen molar-refractivity contribution in [3.63, 3.8) is 0 Å². The first-order valence-electron chi connectivity index (χ1n) is 9.13. The summed E-state index contributed by atoms with van der Waals surface area (Å²) >= 11 is 0. The molecule has 3 rings (SSSR count). The summed E-state index contributed by atoms with van der Waals surface area (Å²) in [5.74, 6) is -2.14. The SMILES string of the molecule is CC[Si]1(CC)CC2O[C@@H](OC)C3OC(C)(OC)C(C)(OC)OC3[C@@H]2O1. The molecule has 7 nitrogen and oxygen atoms in total. The average Bonchev–Trinajstić information content (AvgIpc) is 3.01. The van der Waals surface area contributed by atoms with Crippen molar-refractivity contribution in [2.45, 2.75) is 88.1 Å². The predicted octanol–water partition coefficient (Wildman–Crippen LogP) is 2.25. The van der Waals surface area contributed by atoms with Gasteiger partial charge in [-0.25, -0.2) is 0 Å². The fourth-order valence-electron chi connectivity index (χ4n) is 4.24. The van der Waals surface area contributed by atoms with Crippen molar-refractivity contribution in [3.05, 3.63) is 0 Å². The van der Waals surface area contributed by atoms with Crippen molar-refractivity contribution in [2.24, 2.45) is 0 Å². The molecule has 8 heteroatoms. The van der Waals surface area contributed by atoms with Crippen LogP contribution in [0.15, 0.2) is 0 Å². The third-order valence-electron chi connectivity index (χ3n) is 6.40. The molecule has 0 radical (unpaired) electrons. The quantitative estimate of drug-likeness (QED) is 0.682. The van der Waals surface area contributed by atoms with Gasteiger partial charge in [0, 0.05) is 21.3 Å². The predicted molar refractivity (Wildman–Crippen MR) is 92.6 cm³/mol. The van der Waals surface area contributed by atoms with Gasteiger partial charge in [0.2, 0.25) is 11.6 Å². The Kier molecular flexibility index (Phi) is 5.38. The summed E-state index contributed by atoms with van der Waals surface area (Å²) in [6.45, 7) is 8.05. The molecule has 3 heterocycles. The zero-order valence-electron chi connectivity index (χ0n) is 16.4. The molecule has 7 atom stereocenters. The maximum absolute atomic E-state index is 6.61. The van der Waals surface area contributed by atoms with E-state index in [1.807, 2.05) is 6.92 Å². The van der Waals surface area contributed by atoms with Crippen LogP contribution in [-0.4, -0.2) is 71.9 Å². The molecule has 0 bridgehead atoms. The maximum atomic E-state index is 6.61. The van der Waals surface area contributed by atoms with E-state index < -0.39 is 32.3 Å². The number of ether oxygens (including phenoxy) is 6. The number of methoxy groups -OCH3 is 3. The third-order valence-corrected chi connectivity index (χ3v) is 10.9. The molecule has 0 aromatic carbocycles. The van der Waals surface area contributed by atoms with Crippen LogP contribution in [0.2, 0.25) is 18.1 Å². The molecule has 0 N–H and O–H groups in total. The summed E-state index contributed by atoms with van der Waals surface area (Å²) in [6.07, 6.45) is -1.50. The second-order valence-corrected chi connectivity index (χ2v) is 11.8. The summed E-state index contributed by atoms with van der Waals surface area (Å²) < 4.78 is 42.4. The zero-order chi connectivity index (χ0) is 18.5. The van der Waals surface area contributed by atoms with Gasteiger partial charge in [0.15, 0.2) is 14.6 Å². The van der Waals surface area contributed by atoms with E-state index in [1.54, 1.807) is 28.3 Å². The minimum absolute atomic E-state index is 0.0330. The lowest BCUT2D eigenvalue weighted by atomic mass is 9.95. The molecule has 0 aliphatic carbocycles. The van der Waals surface area contributed by atoms with Gasteiger partial charge in [-0.2, -0.15) is 0 Å². The van der Waals surface area contributed by atoms with Crippen LogP contribution in [0.4, 0.5) is 0 Å². The first-order valence-corrected chi connectivity index (χ1v) is 11.7. The first-order chi connectivity index (χ1) is 11.8. The van der Waals surface area contributed by atoms with Crippen LogP contribution in [0.3, 0.4) is 0 Å². The van der Waals surface area contributed by atoms with Gasteiger partial charge in [-0.05, 0) is 32.0 Å². The Morgan fingerprint density at radius 2 is 1.48 bits per heavy atom. The van der Waals surface area contributed by atoms with Crippen molar-refractivity contribution in [1.82, 2.24) is 0 Å². The van der Waals surface area contributed by atoms with E-state index in [0.717, 1.165) is 18.1 Å². The molecule has 0 aromatic heterocycles. The van der Waals surface area contributed by atoms with E-state index in [9.17, 15) is 0 Å². The third kappa shape index (κ3) is 2.91. The Balaban J connectivity index is 1.93. The maximum Gasteiger partial charge on any atom is 0.220 e. The fourth-order valence-corrected chi connectivity index (χ4v) is 7.68. The van der Waals surface area contributed by atoms with Crippen LogP contribution in [0.5, 0.6) is 0 Å². The number of hydrogen-bond donors (Lipinski definition) is 0. The highest BCUT2D eigenvalue weighted by Crippen LogP contribution is 2.48. The monoisotopic (exact) mass is 376 g/mol. The van der Waals surface area contributed by atoms with Gasteiger partial charge in [-0.1, -0.05) is 13.8 Å². The normalized spacial score (nSPS) is 48.8. The zero-order valence-corrected chi connectivity index (χ0v) is 17.4. The Bertz CT molecular complexity index is 488. The Morgan fingerprint density at radius 1 is 0.920 bits per heavy atom. The second-order valence-electron chi connectivity index (χ2n) is 7.42. The average molecular weight is 377 g/mol. The molecule has 3 saturated heterocycles. The lowest BCUT2D eigenvalue weighted by Gasteiger charge is -2.56. The van der Waals surface area contributed by atoms with Crippen molar-refractivity contribution in [1.29, 1.82) is 0 Å². The number of rotatable bonds is 5. The molecule has 3 aliphatic rings. The Hall–Kier alpha value is -0.0631. The van der Waals surface area contributed by atoms with Crippen LogP contribution < -0.4 is 0 Å². The molecule has 3 fully saturated rings.